The second-order valence-electron chi connectivity index (χ2n) is 4.19. The molecule has 1 aliphatic heterocycles. The molecule has 1 fully saturated rings. The highest BCUT2D eigenvalue weighted by Crippen LogP contribution is 2.16. The molecule has 2 rings (SSSR count). The second kappa shape index (κ2) is 4.43. The monoisotopic (exact) mass is 220 g/mol. The highest BCUT2D eigenvalue weighted by Gasteiger charge is 2.20. The maximum Gasteiger partial charge on any atom is 0.315 e. The van der Waals surface area contributed by atoms with Crippen LogP contribution in [-0.2, 0) is 0 Å². The van der Waals surface area contributed by atoms with Gasteiger partial charge in [-0.15, -0.1) is 0 Å². The molecule has 1 atom stereocenters. The zero-order valence-corrected chi connectivity index (χ0v) is 9.54. The maximum absolute atomic E-state index is 10.9. The quantitative estimate of drug-likeness (QED) is 0.808. The molecule has 1 saturated heterocycles. The highest BCUT2D eigenvalue weighted by molar-refractivity contribution is 5.76. The fourth-order valence-corrected chi connectivity index (χ4v) is 1.82. The number of ether oxygens (including phenoxy) is 1. The third-order valence-electron chi connectivity index (χ3n) is 2.49. The van der Waals surface area contributed by atoms with Crippen LogP contribution in [0.1, 0.15) is 11.1 Å². The van der Waals surface area contributed by atoms with Crippen molar-refractivity contribution in [3.05, 3.63) is 29.3 Å². The maximum atomic E-state index is 10.9. The lowest BCUT2D eigenvalue weighted by atomic mass is 10.1. The van der Waals surface area contributed by atoms with E-state index in [0.717, 1.165) is 5.75 Å². The van der Waals surface area contributed by atoms with E-state index in [1.807, 2.05) is 26.0 Å². The highest BCUT2D eigenvalue weighted by atomic mass is 16.5. The van der Waals surface area contributed by atoms with E-state index in [0.29, 0.717) is 13.2 Å². The van der Waals surface area contributed by atoms with Crippen molar-refractivity contribution >= 4 is 6.03 Å². The number of urea groups is 1. The van der Waals surface area contributed by atoms with E-state index < -0.39 is 0 Å². The molecule has 1 aliphatic rings. The van der Waals surface area contributed by atoms with Gasteiger partial charge in [-0.1, -0.05) is 6.07 Å². The number of carbonyl (C=O) groups excluding carboxylic acids is 1. The molecule has 0 saturated carbocycles. The zero-order chi connectivity index (χ0) is 11.5. The molecule has 16 heavy (non-hydrogen) atoms. The second-order valence-corrected chi connectivity index (χ2v) is 4.19. The predicted molar refractivity (Wildman–Crippen MR) is 61.7 cm³/mol. The number of nitrogens with one attached hydrogen (secondary N) is 2. The molecule has 2 amide bonds. The first-order valence-electron chi connectivity index (χ1n) is 5.39. The van der Waals surface area contributed by atoms with Crippen molar-refractivity contribution in [2.45, 2.75) is 19.9 Å². The predicted octanol–water partition coefficient (Wildman–Crippen LogP) is 1.36. The summed E-state index contributed by atoms with van der Waals surface area (Å²) in [7, 11) is 0. The van der Waals surface area contributed by atoms with Gasteiger partial charge in [0.25, 0.3) is 0 Å². The molecule has 1 aromatic carbocycles. The minimum absolute atomic E-state index is 0.0633. The summed E-state index contributed by atoms with van der Waals surface area (Å²) >= 11 is 0. The first-order valence-corrected chi connectivity index (χ1v) is 5.39. The number of hydrogen-bond acceptors (Lipinski definition) is 2. The first kappa shape index (κ1) is 10.8. The van der Waals surface area contributed by atoms with Gasteiger partial charge in [0.1, 0.15) is 12.4 Å². The molecule has 0 aliphatic carbocycles. The molecule has 0 spiro atoms. The van der Waals surface area contributed by atoms with E-state index in [9.17, 15) is 4.79 Å². The Bertz CT molecular complexity index is 384. The van der Waals surface area contributed by atoms with Crippen LogP contribution in [0.4, 0.5) is 4.79 Å². The molecule has 1 heterocycles. The largest absolute Gasteiger partial charge is 0.491 e. The lowest BCUT2D eigenvalue weighted by Gasteiger charge is -2.12. The van der Waals surface area contributed by atoms with Crippen LogP contribution in [0.25, 0.3) is 0 Å². The van der Waals surface area contributed by atoms with Gasteiger partial charge in [0.2, 0.25) is 0 Å². The smallest absolute Gasteiger partial charge is 0.315 e. The van der Waals surface area contributed by atoms with Gasteiger partial charge in [0.05, 0.1) is 6.04 Å². The van der Waals surface area contributed by atoms with E-state index in [1.54, 1.807) is 0 Å². The molecule has 4 nitrogen and oxygen atoms in total. The summed E-state index contributed by atoms with van der Waals surface area (Å²) in [5.41, 5.74) is 2.37. The molecule has 86 valence electrons. The standard InChI is InChI=1S/C12H16N2O2/c1-8-3-9(2)5-11(4-8)16-7-10-6-13-12(15)14-10/h3-5,10H,6-7H2,1-2H3,(H2,13,14,15). The zero-order valence-electron chi connectivity index (χ0n) is 9.54. The number of aryl methyl sites for hydroxylation is 2. The molecule has 1 unspecified atom stereocenters. The molecule has 0 bridgehead atoms. The van der Waals surface area contributed by atoms with Gasteiger partial charge in [-0.05, 0) is 37.1 Å². The minimum atomic E-state index is -0.117. The van der Waals surface area contributed by atoms with Gasteiger partial charge in [0, 0.05) is 6.54 Å². The Morgan fingerprint density at radius 3 is 2.56 bits per heavy atom. The van der Waals surface area contributed by atoms with E-state index in [2.05, 4.69) is 16.7 Å². The van der Waals surface area contributed by atoms with Crippen molar-refractivity contribution < 1.29 is 9.53 Å². The molecule has 1 aromatic rings. The van der Waals surface area contributed by atoms with Gasteiger partial charge < -0.3 is 15.4 Å². The van der Waals surface area contributed by atoms with Crippen LogP contribution >= 0.6 is 0 Å². The number of hydrogen-bond donors (Lipinski definition) is 2. The summed E-state index contributed by atoms with van der Waals surface area (Å²) in [6.07, 6.45) is 0. The average molecular weight is 220 g/mol. The Hall–Kier alpha value is -1.71. The van der Waals surface area contributed by atoms with Crippen molar-refractivity contribution in [2.75, 3.05) is 13.2 Å². The van der Waals surface area contributed by atoms with Gasteiger partial charge in [-0.2, -0.15) is 0 Å². The topological polar surface area (TPSA) is 50.4 Å². The normalized spacial score (nSPS) is 19.1. The Kier molecular flexibility index (Phi) is 2.99. The van der Waals surface area contributed by atoms with Crippen LogP contribution in [0.15, 0.2) is 18.2 Å². The Morgan fingerprint density at radius 2 is 2.00 bits per heavy atom. The summed E-state index contributed by atoms with van der Waals surface area (Å²) in [5.74, 6) is 0.860. The summed E-state index contributed by atoms with van der Waals surface area (Å²) in [4.78, 5) is 10.9. The number of carbonyl (C=O) groups is 1. The third kappa shape index (κ3) is 2.66. The molecule has 0 aromatic heterocycles. The lowest BCUT2D eigenvalue weighted by molar-refractivity contribution is 0.243. The van der Waals surface area contributed by atoms with Crippen LogP contribution in [0.5, 0.6) is 5.75 Å². The fraction of sp³-hybridized carbons (Fsp3) is 0.417. The Labute approximate surface area is 95.0 Å². The molecular formula is C12H16N2O2. The summed E-state index contributed by atoms with van der Waals surface area (Å²) in [6.45, 7) is 5.21. The number of rotatable bonds is 3. The van der Waals surface area contributed by atoms with Crippen molar-refractivity contribution in [1.82, 2.24) is 10.6 Å². The average Bonchev–Trinajstić information content (AvgIpc) is 2.60. The van der Waals surface area contributed by atoms with Crippen LogP contribution in [0.2, 0.25) is 0 Å². The van der Waals surface area contributed by atoms with Gasteiger partial charge in [-0.3, -0.25) is 0 Å². The van der Waals surface area contributed by atoms with Crippen LogP contribution < -0.4 is 15.4 Å². The van der Waals surface area contributed by atoms with Crippen LogP contribution in [0, 0.1) is 13.8 Å². The Morgan fingerprint density at radius 1 is 1.31 bits per heavy atom. The summed E-state index contributed by atoms with van der Waals surface area (Å²) < 4.78 is 5.65. The minimum Gasteiger partial charge on any atom is -0.491 e. The first-order chi connectivity index (χ1) is 7.63. The number of amides is 2. The number of benzene rings is 1. The van der Waals surface area contributed by atoms with E-state index >= 15 is 0 Å². The third-order valence-corrected chi connectivity index (χ3v) is 2.49. The van der Waals surface area contributed by atoms with Crippen LogP contribution in [0.3, 0.4) is 0 Å². The molecule has 2 N–H and O–H groups in total. The van der Waals surface area contributed by atoms with Crippen molar-refractivity contribution in [3.63, 3.8) is 0 Å². The van der Waals surface area contributed by atoms with Crippen molar-refractivity contribution in [2.24, 2.45) is 0 Å². The van der Waals surface area contributed by atoms with Crippen molar-refractivity contribution in [3.8, 4) is 5.75 Å². The van der Waals surface area contributed by atoms with E-state index in [-0.39, 0.29) is 12.1 Å². The lowest BCUT2D eigenvalue weighted by Crippen LogP contribution is -2.32. The fourth-order valence-electron chi connectivity index (χ4n) is 1.82. The summed E-state index contributed by atoms with van der Waals surface area (Å²) in [5, 5.41) is 5.48. The van der Waals surface area contributed by atoms with Crippen molar-refractivity contribution in [1.29, 1.82) is 0 Å². The Balaban J connectivity index is 1.91. The van der Waals surface area contributed by atoms with Crippen LogP contribution in [-0.4, -0.2) is 25.2 Å². The van der Waals surface area contributed by atoms with Gasteiger partial charge in [0.15, 0.2) is 0 Å². The van der Waals surface area contributed by atoms with E-state index in [1.165, 1.54) is 11.1 Å². The van der Waals surface area contributed by atoms with Gasteiger partial charge in [-0.25, -0.2) is 4.79 Å². The van der Waals surface area contributed by atoms with E-state index in [4.69, 9.17) is 4.74 Å². The molecular weight excluding hydrogens is 204 g/mol. The van der Waals surface area contributed by atoms with Gasteiger partial charge >= 0.3 is 6.03 Å². The SMILES string of the molecule is Cc1cc(C)cc(OCC2CNC(=O)N2)c1. The molecule has 0 radical (unpaired) electrons. The molecule has 4 heteroatoms. The summed E-state index contributed by atoms with van der Waals surface area (Å²) in [6, 6.07) is 6.04.